The molecular formula is C35H44O4. The van der Waals surface area contributed by atoms with Crippen LogP contribution >= 0.6 is 0 Å². The zero-order valence-corrected chi connectivity index (χ0v) is 24.0. The van der Waals surface area contributed by atoms with Crippen LogP contribution in [0.3, 0.4) is 0 Å². The van der Waals surface area contributed by atoms with E-state index in [0.717, 1.165) is 37.5 Å². The molecule has 2 bridgehead atoms. The van der Waals surface area contributed by atoms with E-state index in [1.165, 1.54) is 36.8 Å². The smallest absolute Gasteiger partial charge is 0.344 e. The molecule has 3 fully saturated rings. The normalized spacial score (nSPS) is 29.5. The van der Waals surface area contributed by atoms with Crippen molar-refractivity contribution >= 4 is 5.97 Å². The Kier molecular flexibility index (Phi) is 6.59. The lowest BCUT2D eigenvalue weighted by molar-refractivity contribution is -0.196. The number of rotatable bonds is 12. The standard InChI is InChI=1S/C35H44O4/c1-5-25(27-9-13-30(36)14-10-27)8-6-7-23(2)26-11-15-31(16-12-26)38-22-32(37)39-33(3,4)34-19-24-17-28-18-29(21-34)35(28,34)20-24/h9-16,21,23-25,28,36H,5-8,17-20,22H2,1-4H3. The van der Waals surface area contributed by atoms with Gasteiger partial charge in [0.2, 0.25) is 0 Å². The average molecular weight is 529 g/mol. The van der Waals surface area contributed by atoms with Gasteiger partial charge in [0.1, 0.15) is 17.1 Å². The van der Waals surface area contributed by atoms with E-state index in [1.807, 2.05) is 24.3 Å². The molecule has 1 N–H and O–H groups in total. The molecule has 4 aliphatic rings. The number of allylic oxidation sites excluding steroid dienone is 1. The highest BCUT2D eigenvalue weighted by Crippen LogP contribution is 2.85. The Balaban J connectivity index is 0.968. The number of carbonyl (C=O) groups is 1. The van der Waals surface area contributed by atoms with Gasteiger partial charge in [-0.2, -0.15) is 0 Å². The lowest BCUT2D eigenvalue weighted by Crippen LogP contribution is -2.67. The van der Waals surface area contributed by atoms with Gasteiger partial charge in [-0.25, -0.2) is 4.79 Å². The minimum atomic E-state index is -0.497. The van der Waals surface area contributed by atoms with Crippen LogP contribution in [0.15, 0.2) is 60.2 Å². The molecule has 6 atom stereocenters. The lowest BCUT2D eigenvalue weighted by atomic mass is 9.35. The highest BCUT2D eigenvalue weighted by atomic mass is 16.6. The summed E-state index contributed by atoms with van der Waals surface area (Å²) in [5, 5.41) is 9.57. The summed E-state index contributed by atoms with van der Waals surface area (Å²) >= 11 is 0. The van der Waals surface area contributed by atoms with Crippen LogP contribution in [0, 0.1) is 22.7 Å². The molecule has 4 nitrogen and oxygen atoms in total. The van der Waals surface area contributed by atoms with E-state index in [4.69, 9.17) is 9.47 Å². The Bertz CT molecular complexity index is 1240. The van der Waals surface area contributed by atoms with Crippen LogP contribution in [0.2, 0.25) is 0 Å². The molecule has 1 spiro atoms. The van der Waals surface area contributed by atoms with Crippen LogP contribution in [-0.4, -0.2) is 23.3 Å². The molecule has 6 rings (SSSR count). The van der Waals surface area contributed by atoms with Crippen molar-refractivity contribution in [3.63, 3.8) is 0 Å². The summed E-state index contributed by atoms with van der Waals surface area (Å²) in [6.07, 6.45) is 12.1. The number of aromatic hydroxyl groups is 1. The molecule has 0 aromatic heterocycles. The first kappa shape index (κ1) is 26.5. The minimum Gasteiger partial charge on any atom is -0.508 e. The summed E-state index contributed by atoms with van der Waals surface area (Å²) in [6, 6.07) is 15.9. The fourth-order valence-electron chi connectivity index (χ4n) is 9.08. The highest BCUT2D eigenvalue weighted by Gasteiger charge is 2.80. The van der Waals surface area contributed by atoms with Gasteiger partial charge in [0.05, 0.1) is 0 Å². The quantitative estimate of drug-likeness (QED) is 0.222. The second-order valence-corrected chi connectivity index (χ2v) is 13.4. The fourth-order valence-corrected chi connectivity index (χ4v) is 9.08. The Morgan fingerprint density at radius 2 is 1.77 bits per heavy atom. The summed E-state index contributed by atoms with van der Waals surface area (Å²) < 4.78 is 12.0. The maximum absolute atomic E-state index is 12.9. The predicted octanol–water partition coefficient (Wildman–Crippen LogP) is 8.31. The Morgan fingerprint density at radius 1 is 1.05 bits per heavy atom. The van der Waals surface area contributed by atoms with Gasteiger partial charge in [-0.15, -0.1) is 0 Å². The number of phenolic OH excluding ortho intramolecular Hbond substituents is 1. The molecule has 0 radical (unpaired) electrons. The number of hydrogen-bond donors (Lipinski definition) is 1. The second kappa shape index (κ2) is 9.71. The number of esters is 1. The first-order valence-corrected chi connectivity index (χ1v) is 15.1. The first-order chi connectivity index (χ1) is 18.7. The van der Waals surface area contributed by atoms with E-state index in [2.05, 4.69) is 45.9 Å². The van der Waals surface area contributed by atoms with Crippen molar-refractivity contribution in [1.29, 1.82) is 0 Å². The van der Waals surface area contributed by atoms with Crippen LogP contribution in [0.1, 0.15) is 102 Å². The Hall–Kier alpha value is -2.75. The van der Waals surface area contributed by atoms with Crippen molar-refractivity contribution in [2.24, 2.45) is 22.7 Å². The van der Waals surface area contributed by atoms with Gasteiger partial charge >= 0.3 is 5.97 Å². The molecule has 0 saturated heterocycles. The van der Waals surface area contributed by atoms with Crippen molar-refractivity contribution in [2.75, 3.05) is 6.61 Å². The zero-order chi connectivity index (χ0) is 27.4. The minimum absolute atomic E-state index is 0.0375. The molecule has 2 aromatic rings. The molecule has 0 aliphatic heterocycles. The lowest BCUT2D eigenvalue weighted by Gasteiger charge is -2.69. The summed E-state index contributed by atoms with van der Waals surface area (Å²) in [5.74, 6) is 3.36. The largest absolute Gasteiger partial charge is 0.508 e. The average Bonchev–Trinajstić information content (AvgIpc) is 3.41. The molecule has 4 aliphatic carbocycles. The summed E-state index contributed by atoms with van der Waals surface area (Å²) in [5.41, 5.74) is 4.13. The molecule has 4 heteroatoms. The maximum Gasteiger partial charge on any atom is 0.344 e. The van der Waals surface area contributed by atoms with Gasteiger partial charge < -0.3 is 14.6 Å². The van der Waals surface area contributed by atoms with E-state index < -0.39 is 5.60 Å². The molecule has 0 amide bonds. The summed E-state index contributed by atoms with van der Waals surface area (Å²) in [4.78, 5) is 12.9. The number of phenols is 1. The molecule has 2 aromatic carbocycles. The molecule has 0 heterocycles. The van der Waals surface area contributed by atoms with Gasteiger partial charge in [-0.1, -0.05) is 56.2 Å². The molecule has 3 saturated carbocycles. The molecule has 39 heavy (non-hydrogen) atoms. The summed E-state index contributed by atoms with van der Waals surface area (Å²) in [6.45, 7) is 8.69. The SMILES string of the molecule is CCC(CCCC(C)c1ccc(OCC(=O)OC(C)(C)C23C=C4CC5CC(CC452)C3)cc1)c1ccc(O)cc1. The van der Waals surface area contributed by atoms with E-state index >= 15 is 0 Å². The van der Waals surface area contributed by atoms with Gasteiger partial charge in [-0.3, -0.25) is 0 Å². The van der Waals surface area contributed by atoms with Crippen molar-refractivity contribution < 1.29 is 19.4 Å². The van der Waals surface area contributed by atoms with E-state index in [0.29, 0.717) is 28.7 Å². The third-order valence-electron chi connectivity index (χ3n) is 11.1. The third kappa shape index (κ3) is 4.21. The van der Waals surface area contributed by atoms with Gasteiger partial charge in [0, 0.05) is 10.8 Å². The molecular weight excluding hydrogens is 484 g/mol. The number of hydrogen-bond acceptors (Lipinski definition) is 4. The van der Waals surface area contributed by atoms with Crippen LogP contribution in [0.5, 0.6) is 11.5 Å². The van der Waals surface area contributed by atoms with Crippen molar-refractivity contribution in [2.45, 2.75) is 96.5 Å². The molecule has 6 unspecified atom stereocenters. The van der Waals surface area contributed by atoms with Gasteiger partial charge in [0.25, 0.3) is 0 Å². The zero-order valence-electron chi connectivity index (χ0n) is 24.0. The van der Waals surface area contributed by atoms with Gasteiger partial charge in [-0.05, 0) is 118 Å². The van der Waals surface area contributed by atoms with Crippen LogP contribution < -0.4 is 4.74 Å². The van der Waals surface area contributed by atoms with Crippen molar-refractivity contribution in [3.05, 3.63) is 71.3 Å². The third-order valence-corrected chi connectivity index (χ3v) is 11.1. The number of fused-ring (bicyclic) bond motifs is 1. The Morgan fingerprint density at radius 3 is 2.44 bits per heavy atom. The fraction of sp³-hybridized carbons (Fsp3) is 0.571. The predicted molar refractivity (Wildman–Crippen MR) is 154 cm³/mol. The first-order valence-electron chi connectivity index (χ1n) is 15.1. The number of ether oxygens (including phenoxy) is 2. The topological polar surface area (TPSA) is 55.8 Å². The van der Waals surface area contributed by atoms with Gasteiger partial charge in [0.15, 0.2) is 6.61 Å². The van der Waals surface area contributed by atoms with Crippen LogP contribution in [-0.2, 0) is 9.53 Å². The van der Waals surface area contributed by atoms with Crippen LogP contribution in [0.25, 0.3) is 0 Å². The second-order valence-electron chi connectivity index (χ2n) is 13.4. The Labute approximate surface area is 233 Å². The van der Waals surface area contributed by atoms with Crippen molar-refractivity contribution in [3.8, 4) is 11.5 Å². The highest BCUT2D eigenvalue weighted by molar-refractivity contribution is 5.72. The van der Waals surface area contributed by atoms with E-state index in [-0.39, 0.29) is 18.0 Å². The number of carbonyl (C=O) groups excluding carboxylic acids is 1. The number of benzene rings is 2. The monoisotopic (exact) mass is 528 g/mol. The van der Waals surface area contributed by atoms with E-state index in [1.54, 1.807) is 17.7 Å². The molecule has 208 valence electrons. The summed E-state index contributed by atoms with van der Waals surface area (Å²) in [7, 11) is 0. The van der Waals surface area contributed by atoms with Crippen LogP contribution in [0.4, 0.5) is 0 Å². The van der Waals surface area contributed by atoms with Crippen molar-refractivity contribution in [1.82, 2.24) is 0 Å². The van der Waals surface area contributed by atoms with E-state index in [9.17, 15) is 9.90 Å². The maximum atomic E-state index is 12.9.